The standard InChI is InChI=1S/C16H22N2/c1-10-8-11(2)16-15(9-10)14(12(3)18-16)6-7-17-13-4-5-13/h8-9,13,17-18H,4-7H2,1-3H3. The van der Waals surface area contributed by atoms with Gasteiger partial charge in [-0.25, -0.2) is 0 Å². The molecule has 0 atom stereocenters. The molecule has 1 aliphatic carbocycles. The van der Waals surface area contributed by atoms with E-state index >= 15 is 0 Å². The Hall–Kier alpha value is -1.28. The SMILES string of the molecule is Cc1cc(C)c2[nH]c(C)c(CCNC3CC3)c2c1. The first kappa shape index (κ1) is 11.8. The predicted octanol–water partition coefficient (Wildman–Crippen LogP) is 3.39. The average Bonchev–Trinajstić information content (AvgIpc) is 3.06. The zero-order valence-corrected chi connectivity index (χ0v) is 11.6. The van der Waals surface area contributed by atoms with Crippen molar-refractivity contribution in [3.63, 3.8) is 0 Å². The van der Waals surface area contributed by atoms with Crippen molar-refractivity contribution >= 4 is 10.9 Å². The lowest BCUT2D eigenvalue weighted by molar-refractivity contribution is 0.682. The third-order valence-corrected chi connectivity index (χ3v) is 3.96. The van der Waals surface area contributed by atoms with E-state index in [0.717, 1.165) is 19.0 Å². The Morgan fingerprint density at radius 1 is 1.22 bits per heavy atom. The van der Waals surface area contributed by atoms with Gasteiger partial charge in [0.25, 0.3) is 0 Å². The second-order valence-corrected chi connectivity index (χ2v) is 5.71. The van der Waals surface area contributed by atoms with Crippen molar-refractivity contribution in [2.24, 2.45) is 0 Å². The molecule has 0 saturated heterocycles. The fourth-order valence-corrected chi connectivity index (χ4v) is 2.85. The van der Waals surface area contributed by atoms with Gasteiger partial charge in [-0.3, -0.25) is 0 Å². The molecule has 0 amide bonds. The summed E-state index contributed by atoms with van der Waals surface area (Å²) in [5, 5.41) is 5.02. The lowest BCUT2D eigenvalue weighted by Crippen LogP contribution is -2.19. The van der Waals surface area contributed by atoms with Crippen molar-refractivity contribution in [3.05, 3.63) is 34.5 Å². The van der Waals surface area contributed by atoms with Crippen molar-refractivity contribution in [2.75, 3.05) is 6.54 Å². The zero-order chi connectivity index (χ0) is 12.7. The lowest BCUT2D eigenvalue weighted by Gasteiger charge is -2.04. The van der Waals surface area contributed by atoms with Gasteiger partial charge in [0.1, 0.15) is 0 Å². The van der Waals surface area contributed by atoms with Crippen molar-refractivity contribution in [1.82, 2.24) is 10.3 Å². The highest BCUT2D eigenvalue weighted by atomic mass is 14.9. The summed E-state index contributed by atoms with van der Waals surface area (Å²) >= 11 is 0. The monoisotopic (exact) mass is 242 g/mol. The molecule has 1 aliphatic rings. The quantitative estimate of drug-likeness (QED) is 0.845. The predicted molar refractivity (Wildman–Crippen MR) is 77.2 cm³/mol. The summed E-state index contributed by atoms with van der Waals surface area (Å²) in [5.74, 6) is 0. The first-order valence-corrected chi connectivity index (χ1v) is 6.97. The number of aryl methyl sites for hydroxylation is 3. The second-order valence-electron chi connectivity index (χ2n) is 5.71. The molecule has 1 heterocycles. The zero-order valence-electron chi connectivity index (χ0n) is 11.6. The highest BCUT2D eigenvalue weighted by Crippen LogP contribution is 2.27. The maximum atomic E-state index is 3.60. The average molecular weight is 242 g/mol. The van der Waals surface area contributed by atoms with Gasteiger partial charge in [0.15, 0.2) is 0 Å². The Morgan fingerprint density at radius 3 is 2.72 bits per heavy atom. The van der Waals surface area contributed by atoms with Crippen LogP contribution in [-0.4, -0.2) is 17.6 Å². The van der Waals surface area contributed by atoms with Crippen LogP contribution in [-0.2, 0) is 6.42 Å². The molecule has 3 rings (SSSR count). The molecule has 1 aromatic heterocycles. The number of hydrogen-bond donors (Lipinski definition) is 2. The number of rotatable bonds is 4. The van der Waals surface area contributed by atoms with Gasteiger partial charge in [-0.1, -0.05) is 11.6 Å². The summed E-state index contributed by atoms with van der Waals surface area (Å²) in [5.41, 5.74) is 6.85. The summed E-state index contributed by atoms with van der Waals surface area (Å²) < 4.78 is 0. The van der Waals surface area contributed by atoms with E-state index in [2.05, 4.69) is 43.2 Å². The molecule has 1 fully saturated rings. The highest BCUT2D eigenvalue weighted by molar-refractivity contribution is 5.88. The van der Waals surface area contributed by atoms with Gasteiger partial charge in [-0.05, 0) is 63.8 Å². The minimum atomic E-state index is 0.805. The number of hydrogen-bond acceptors (Lipinski definition) is 1. The van der Waals surface area contributed by atoms with Crippen LogP contribution in [0.3, 0.4) is 0 Å². The maximum absolute atomic E-state index is 3.60. The Morgan fingerprint density at radius 2 is 2.00 bits per heavy atom. The molecule has 18 heavy (non-hydrogen) atoms. The van der Waals surface area contributed by atoms with E-state index in [0.29, 0.717) is 0 Å². The van der Waals surface area contributed by atoms with Crippen LogP contribution in [0.2, 0.25) is 0 Å². The van der Waals surface area contributed by atoms with Crippen LogP contribution in [0.1, 0.15) is 35.2 Å². The van der Waals surface area contributed by atoms with Crippen LogP contribution >= 0.6 is 0 Å². The summed E-state index contributed by atoms with van der Waals surface area (Å²) in [6, 6.07) is 5.38. The fourth-order valence-electron chi connectivity index (χ4n) is 2.85. The Kier molecular flexibility index (Phi) is 2.90. The van der Waals surface area contributed by atoms with Crippen molar-refractivity contribution in [1.29, 1.82) is 0 Å². The van der Waals surface area contributed by atoms with Crippen molar-refractivity contribution < 1.29 is 0 Å². The van der Waals surface area contributed by atoms with E-state index in [1.807, 2.05) is 0 Å². The molecule has 0 aliphatic heterocycles. The van der Waals surface area contributed by atoms with E-state index in [1.165, 1.54) is 46.1 Å². The smallest absolute Gasteiger partial charge is 0.0488 e. The Bertz CT molecular complexity index is 576. The number of nitrogens with one attached hydrogen (secondary N) is 2. The van der Waals surface area contributed by atoms with Crippen LogP contribution in [0.5, 0.6) is 0 Å². The number of H-pyrrole nitrogens is 1. The molecule has 2 nitrogen and oxygen atoms in total. The summed E-state index contributed by atoms with van der Waals surface area (Å²) in [4.78, 5) is 3.55. The molecule has 0 spiro atoms. The molecular weight excluding hydrogens is 220 g/mol. The van der Waals surface area contributed by atoms with E-state index in [9.17, 15) is 0 Å². The van der Waals surface area contributed by atoms with Gasteiger partial charge in [0, 0.05) is 22.6 Å². The number of aromatic amines is 1. The van der Waals surface area contributed by atoms with Crippen molar-refractivity contribution in [2.45, 2.75) is 46.1 Å². The van der Waals surface area contributed by atoms with E-state index in [-0.39, 0.29) is 0 Å². The fraction of sp³-hybridized carbons (Fsp3) is 0.500. The number of benzene rings is 1. The van der Waals surface area contributed by atoms with E-state index in [4.69, 9.17) is 0 Å². The second kappa shape index (κ2) is 4.43. The maximum Gasteiger partial charge on any atom is 0.0488 e. The molecule has 2 N–H and O–H groups in total. The van der Waals surface area contributed by atoms with Gasteiger partial charge < -0.3 is 10.3 Å². The number of fused-ring (bicyclic) bond motifs is 1. The van der Waals surface area contributed by atoms with Gasteiger partial charge in [0.05, 0.1) is 0 Å². The first-order chi connectivity index (χ1) is 8.65. The van der Waals surface area contributed by atoms with Crippen LogP contribution in [0.4, 0.5) is 0 Å². The minimum Gasteiger partial charge on any atom is -0.358 e. The summed E-state index contributed by atoms with van der Waals surface area (Å²) in [7, 11) is 0. The summed E-state index contributed by atoms with van der Waals surface area (Å²) in [6.45, 7) is 7.67. The van der Waals surface area contributed by atoms with Gasteiger partial charge in [-0.15, -0.1) is 0 Å². The molecule has 2 heteroatoms. The Balaban J connectivity index is 1.91. The molecule has 1 aromatic carbocycles. The van der Waals surface area contributed by atoms with Gasteiger partial charge >= 0.3 is 0 Å². The normalized spacial score (nSPS) is 15.5. The van der Waals surface area contributed by atoms with E-state index in [1.54, 1.807) is 0 Å². The Labute approximate surface area is 109 Å². The third-order valence-electron chi connectivity index (χ3n) is 3.96. The lowest BCUT2D eigenvalue weighted by atomic mass is 10.0. The molecular formula is C16H22N2. The third kappa shape index (κ3) is 2.17. The van der Waals surface area contributed by atoms with Crippen LogP contribution < -0.4 is 5.32 Å². The molecule has 1 saturated carbocycles. The highest BCUT2D eigenvalue weighted by Gasteiger charge is 2.20. The largest absolute Gasteiger partial charge is 0.358 e. The molecule has 0 bridgehead atoms. The van der Waals surface area contributed by atoms with Gasteiger partial charge in [-0.2, -0.15) is 0 Å². The number of aromatic nitrogens is 1. The molecule has 0 unspecified atom stereocenters. The van der Waals surface area contributed by atoms with Crippen LogP contribution in [0, 0.1) is 20.8 Å². The van der Waals surface area contributed by atoms with Crippen molar-refractivity contribution in [3.8, 4) is 0 Å². The van der Waals surface area contributed by atoms with E-state index < -0.39 is 0 Å². The minimum absolute atomic E-state index is 0.805. The summed E-state index contributed by atoms with van der Waals surface area (Å²) in [6.07, 6.45) is 3.86. The van der Waals surface area contributed by atoms with Gasteiger partial charge in [0.2, 0.25) is 0 Å². The first-order valence-electron chi connectivity index (χ1n) is 6.97. The topological polar surface area (TPSA) is 27.8 Å². The van der Waals surface area contributed by atoms with Crippen LogP contribution in [0.25, 0.3) is 10.9 Å². The molecule has 0 radical (unpaired) electrons. The molecule has 96 valence electrons. The van der Waals surface area contributed by atoms with Crippen LogP contribution in [0.15, 0.2) is 12.1 Å². The molecule has 2 aromatic rings.